The first-order chi connectivity index (χ1) is 8.56. The molecule has 0 fully saturated rings. The van der Waals surface area contributed by atoms with Gasteiger partial charge in [-0.05, 0) is 60.2 Å². The van der Waals surface area contributed by atoms with Crippen LogP contribution in [-0.4, -0.2) is 0 Å². The smallest absolute Gasteiger partial charge is 0.128 e. The Morgan fingerprint density at radius 2 is 1.89 bits per heavy atom. The molecule has 0 bridgehead atoms. The molecule has 0 aliphatic rings. The standard InChI is InChI=1S/C15H15FIN/c1-10-3-6-14(16)12(7-10)9-18-13-5-4-11(2)15(17)8-13/h3-8,18H,9H2,1-2H3. The van der Waals surface area contributed by atoms with Crippen LogP contribution >= 0.6 is 22.6 Å². The van der Waals surface area contributed by atoms with E-state index in [1.54, 1.807) is 6.07 Å². The molecule has 0 amide bonds. The van der Waals surface area contributed by atoms with Crippen molar-refractivity contribution in [2.45, 2.75) is 20.4 Å². The zero-order valence-electron chi connectivity index (χ0n) is 10.4. The first kappa shape index (κ1) is 13.3. The topological polar surface area (TPSA) is 12.0 Å². The van der Waals surface area contributed by atoms with Gasteiger partial charge in [-0.25, -0.2) is 4.39 Å². The number of aryl methyl sites for hydroxylation is 2. The maximum absolute atomic E-state index is 13.6. The van der Waals surface area contributed by atoms with Crippen LogP contribution in [-0.2, 0) is 6.54 Å². The third-order valence-electron chi connectivity index (χ3n) is 2.86. The fourth-order valence-electron chi connectivity index (χ4n) is 1.74. The predicted molar refractivity (Wildman–Crippen MR) is 82.4 cm³/mol. The lowest BCUT2D eigenvalue weighted by Crippen LogP contribution is -2.02. The SMILES string of the molecule is Cc1ccc(F)c(CNc2ccc(C)c(I)c2)c1. The summed E-state index contributed by atoms with van der Waals surface area (Å²) in [6, 6.07) is 11.3. The van der Waals surface area contributed by atoms with Gasteiger partial charge < -0.3 is 5.32 Å². The molecule has 2 aromatic rings. The molecule has 2 aromatic carbocycles. The van der Waals surface area contributed by atoms with Crippen LogP contribution in [0.25, 0.3) is 0 Å². The molecular formula is C15H15FIN. The van der Waals surface area contributed by atoms with Crippen LogP contribution in [0.5, 0.6) is 0 Å². The maximum Gasteiger partial charge on any atom is 0.128 e. The van der Waals surface area contributed by atoms with Gasteiger partial charge in [0.05, 0.1) is 0 Å². The van der Waals surface area contributed by atoms with E-state index >= 15 is 0 Å². The Kier molecular flexibility index (Phi) is 4.22. The minimum absolute atomic E-state index is 0.157. The van der Waals surface area contributed by atoms with E-state index in [-0.39, 0.29) is 5.82 Å². The summed E-state index contributed by atoms with van der Waals surface area (Å²) in [5, 5.41) is 3.25. The summed E-state index contributed by atoms with van der Waals surface area (Å²) >= 11 is 2.30. The van der Waals surface area contributed by atoms with Crippen molar-refractivity contribution >= 4 is 28.3 Å². The van der Waals surface area contributed by atoms with Crippen molar-refractivity contribution in [2.24, 2.45) is 0 Å². The van der Waals surface area contributed by atoms with Gasteiger partial charge in [0.1, 0.15) is 5.82 Å². The summed E-state index contributed by atoms with van der Waals surface area (Å²) in [6.07, 6.45) is 0. The summed E-state index contributed by atoms with van der Waals surface area (Å²) < 4.78 is 14.8. The maximum atomic E-state index is 13.6. The Morgan fingerprint density at radius 3 is 2.61 bits per heavy atom. The highest BCUT2D eigenvalue weighted by Crippen LogP contribution is 2.18. The third kappa shape index (κ3) is 3.22. The van der Waals surface area contributed by atoms with E-state index in [9.17, 15) is 4.39 Å². The van der Waals surface area contributed by atoms with Gasteiger partial charge in [-0.3, -0.25) is 0 Å². The molecule has 1 N–H and O–H groups in total. The second kappa shape index (κ2) is 5.69. The Balaban J connectivity index is 2.11. The van der Waals surface area contributed by atoms with E-state index in [0.29, 0.717) is 12.1 Å². The number of hydrogen-bond acceptors (Lipinski definition) is 1. The van der Waals surface area contributed by atoms with Gasteiger partial charge in [0, 0.05) is 21.4 Å². The molecule has 0 saturated heterocycles. The fourth-order valence-corrected chi connectivity index (χ4v) is 2.25. The van der Waals surface area contributed by atoms with Gasteiger partial charge in [0.15, 0.2) is 0 Å². The van der Waals surface area contributed by atoms with E-state index in [1.807, 2.05) is 19.1 Å². The first-order valence-corrected chi connectivity index (χ1v) is 6.89. The van der Waals surface area contributed by atoms with Crippen LogP contribution in [0.2, 0.25) is 0 Å². The molecule has 0 radical (unpaired) electrons. The minimum atomic E-state index is -0.157. The van der Waals surface area contributed by atoms with Crippen molar-refractivity contribution < 1.29 is 4.39 Å². The molecule has 18 heavy (non-hydrogen) atoms. The third-order valence-corrected chi connectivity index (χ3v) is 4.02. The van der Waals surface area contributed by atoms with Crippen molar-refractivity contribution in [3.63, 3.8) is 0 Å². The Bertz CT molecular complexity index is 566. The second-order valence-electron chi connectivity index (χ2n) is 4.41. The summed E-state index contributed by atoms with van der Waals surface area (Å²) in [7, 11) is 0. The van der Waals surface area contributed by atoms with Crippen molar-refractivity contribution in [1.29, 1.82) is 0 Å². The average molecular weight is 355 g/mol. The van der Waals surface area contributed by atoms with Crippen LogP contribution in [0, 0.1) is 23.2 Å². The van der Waals surface area contributed by atoms with E-state index in [0.717, 1.165) is 11.3 Å². The molecule has 0 spiro atoms. The molecule has 0 unspecified atom stereocenters. The minimum Gasteiger partial charge on any atom is -0.381 e. The van der Waals surface area contributed by atoms with Gasteiger partial charge in [-0.1, -0.05) is 23.8 Å². The van der Waals surface area contributed by atoms with E-state index in [2.05, 4.69) is 47.0 Å². The van der Waals surface area contributed by atoms with Crippen molar-refractivity contribution in [3.05, 3.63) is 62.5 Å². The van der Waals surface area contributed by atoms with Gasteiger partial charge in [-0.2, -0.15) is 0 Å². The molecular weight excluding hydrogens is 340 g/mol. The highest BCUT2D eigenvalue weighted by molar-refractivity contribution is 14.1. The molecule has 0 saturated carbocycles. The quantitative estimate of drug-likeness (QED) is 0.790. The lowest BCUT2D eigenvalue weighted by molar-refractivity contribution is 0.612. The Morgan fingerprint density at radius 1 is 1.11 bits per heavy atom. The number of benzene rings is 2. The molecule has 0 aromatic heterocycles. The van der Waals surface area contributed by atoms with Gasteiger partial charge in [0.25, 0.3) is 0 Å². The van der Waals surface area contributed by atoms with Crippen LogP contribution in [0.15, 0.2) is 36.4 Å². The molecule has 3 heteroatoms. The van der Waals surface area contributed by atoms with Crippen molar-refractivity contribution in [2.75, 3.05) is 5.32 Å². The van der Waals surface area contributed by atoms with Crippen molar-refractivity contribution in [1.82, 2.24) is 0 Å². The van der Waals surface area contributed by atoms with Gasteiger partial charge in [-0.15, -0.1) is 0 Å². The zero-order chi connectivity index (χ0) is 13.1. The van der Waals surface area contributed by atoms with Crippen LogP contribution < -0.4 is 5.32 Å². The summed E-state index contributed by atoms with van der Waals surface area (Å²) in [6.45, 7) is 4.55. The lowest BCUT2D eigenvalue weighted by atomic mass is 10.1. The number of hydrogen-bond donors (Lipinski definition) is 1. The molecule has 1 nitrogen and oxygen atoms in total. The van der Waals surface area contributed by atoms with Gasteiger partial charge in [0.2, 0.25) is 0 Å². The molecule has 94 valence electrons. The summed E-state index contributed by atoms with van der Waals surface area (Å²) in [4.78, 5) is 0. The van der Waals surface area contributed by atoms with Gasteiger partial charge >= 0.3 is 0 Å². The zero-order valence-corrected chi connectivity index (χ0v) is 12.6. The predicted octanol–water partition coefficient (Wildman–Crippen LogP) is 4.66. The highest BCUT2D eigenvalue weighted by Gasteiger charge is 2.03. The number of rotatable bonds is 3. The van der Waals surface area contributed by atoms with E-state index in [1.165, 1.54) is 15.2 Å². The van der Waals surface area contributed by atoms with Crippen LogP contribution in [0.4, 0.5) is 10.1 Å². The normalized spacial score (nSPS) is 10.4. The molecule has 0 aliphatic heterocycles. The first-order valence-electron chi connectivity index (χ1n) is 5.81. The number of anilines is 1. The van der Waals surface area contributed by atoms with Crippen LogP contribution in [0.1, 0.15) is 16.7 Å². The Hall–Kier alpha value is -1.10. The van der Waals surface area contributed by atoms with E-state index in [4.69, 9.17) is 0 Å². The molecule has 0 aliphatic carbocycles. The van der Waals surface area contributed by atoms with Crippen molar-refractivity contribution in [3.8, 4) is 0 Å². The fraction of sp³-hybridized carbons (Fsp3) is 0.200. The largest absolute Gasteiger partial charge is 0.381 e. The van der Waals surface area contributed by atoms with E-state index < -0.39 is 0 Å². The van der Waals surface area contributed by atoms with Crippen LogP contribution in [0.3, 0.4) is 0 Å². The second-order valence-corrected chi connectivity index (χ2v) is 5.57. The highest BCUT2D eigenvalue weighted by atomic mass is 127. The monoisotopic (exact) mass is 355 g/mol. The number of nitrogens with one attached hydrogen (secondary N) is 1. The molecule has 2 rings (SSSR count). The lowest BCUT2D eigenvalue weighted by Gasteiger charge is -2.09. The Labute approximate surface area is 121 Å². The molecule has 0 atom stereocenters. The summed E-state index contributed by atoms with van der Waals surface area (Å²) in [5.74, 6) is -0.157. The number of halogens is 2. The average Bonchev–Trinajstić information content (AvgIpc) is 2.34. The molecule has 0 heterocycles. The summed E-state index contributed by atoms with van der Waals surface area (Å²) in [5.41, 5.74) is 4.05.